The number of anilines is 1. The second kappa shape index (κ2) is 10.4. The summed E-state index contributed by atoms with van der Waals surface area (Å²) < 4.78 is 19.4. The lowest BCUT2D eigenvalue weighted by molar-refractivity contribution is 0.181. The molecule has 35 heavy (non-hydrogen) atoms. The fourth-order valence-electron chi connectivity index (χ4n) is 5.73. The molecule has 2 aromatic carbocycles. The van der Waals surface area contributed by atoms with Gasteiger partial charge in [-0.05, 0) is 61.6 Å². The average molecular weight is 478 g/mol. The molecule has 1 saturated carbocycles. The first-order valence-electron chi connectivity index (χ1n) is 12.6. The highest BCUT2D eigenvalue weighted by Gasteiger charge is 2.52. The Morgan fingerprint density at radius 3 is 2.63 bits per heavy atom. The molecule has 7 nitrogen and oxygen atoms in total. The van der Waals surface area contributed by atoms with Crippen LogP contribution in [0.25, 0.3) is 0 Å². The van der Waals surface area contributed by atoms with Crippen LogP contribution in [0, 0.1) is 5.82 Å². The Morgan fingerprint density at radius 1 is 1.11 bits per heavy atom. The van der Waals surface area contributed by atoms with E-state index in [0.29, 0.717) is 30.3 Å². The van der Waals surface area contributed by atoms with Gasteiger partial charge >= 0.3 is 13.7 Å². The third-order valence-electron chi connectivity index (χ3n) is 7.50. The van der Waals surface area contributed by atoms with Crippen LogP contribution in [0.2, 0.25) is 0 Å². The first-order valence-corrected chi connectivity index (χ1v) is 12.6. The van der Waals surface area contributed by atoms with Crippen LogP contribution < -0.4 is 14.9 Å². The molecule has 1 saturated heterocycles. The van der Waals surface area contributed by atoms with Crippen molar-refractivity contribution in [3.05, 3.63) is 59.9 Å². The Balaban J connectivity index is 1.37. The first kappa shape index (κ1) is 23.8. The standard InChI is InChI=1S/C26H32BFN4O3/c28-20-7-5-10-22(17-20)32-25(33)30-24(29-21-8-2-1-3-9-21)26(32)12-14-31(15-13-26)18-19-6-4-11-23(16-19)35-27-34/h4-7,10-11,16-17,21,27,34H,1-3,8-9,12-15,18H2,(H,29,30,33). The van der Waals surface area contributed by atoms with Crippen molar-refractivity contribution in [3.63, 3.8) is 0 Å². The lowest BCUT2D eigenvalue weighted by Gasteiger charge is -2.45. The number of amides is 2. The fraction of sp³-hybridized carbons (Fsp3) is 0.462. The van der Waals surface area contributed by atoms with E-state index in [4.69, 9.17) is 9.68 Å². The van der Waals surface area contributed by atoms with Crippen molar-refractivity contribution in [1.82, 2.24) is 10.2 Å². The van der Waals surface area contributed by atoms with E-state index in [9.17, 15) is 9.18 Å². The van der Waals surface area contributed by atoms with Crippen LogP contribution in [0.15, 0.2) is 53.5 Å². The maximum atomic E-state index is 14.1. The molecular weight excluding hydrogens is 446 g/mol. The number of urea groups is 1. The zero-order valence-corrected chi connectivity index (χ0v) is 20.0. The number of nitrogens with zero attached hydrogens (tertiary/aromatic N) is 3. The molecule has 2 aliphatic heterocycles. The van der Waals surface area contributed by atoms with Crippen molar-refractivity contribution in [2.45, 2.75) is 63.1 Å². The molecule has 2 fully saturated rings. The molecule has 0 radical (unpaired) electrons. The summed E-state index contributed by atoms with van der Waals surface area (Å²) in [5.41, 5.74) is 1.06. The van der Waals surface area contributed by atoms with Gasteiger partial charge in [-0.15, -0.1) is 0 Å². The number of amidine groups is 1. The second-order valence-electron chi connectivity index (χ2n) is 9.77. The molecule has 0 bridgehead atoms. The average Bonchev–Trinajstić information content (AvgIpc) is 3.12. The predicted octanol–water partition coefficient (Wildman–Crippen LogP) is 3.76. The van der Waals surface area contributed by atoms with Crippen molar-refractivity contribution in [3.8, 4) is 5.75 Å². The molecule has 1 aliphatic carbocycles. The minimum atomic E-state index is -0.597. The Labute approximate surface area is 206 Å². The summed E-state index contributed by atoms with van der Waals surface area (Å²) >= 11 is 0. The van der Waals surface area contributed by atoms with Crippen LogP contribution in [0.1, 0.15) is 50.5 Å². The molecule has 2 aromatic rings. The largest absolute Gasteiger partial charge is 0.539 e. The molecule has 184 valence electrons. The monoisotopic (exact) mass is 478 g/mol. The van der Waals surface area contributed by atoms with E-state index in [1.807, 2.05) is 24.3 Å². The van der Waals surface area contributed by atoms with Gasteiger partial charge in [0.05, 0.1) is 0 Å². The van der Waals surface area contributed by atoms with Crippen LogP contribution in [-0.2, 0) is 6.54 Å². The number of hydrogen-bond donors (Lipinski definition) is 2. The molecule has 5 rings (SSSR count). The third-order valence-corrected chi connectivity index (χ3v) is 7.50. The highest BCUT2D eigenvalue weighted by Crippen LogP contribution is 2.39. The van der Waals surface area contributed by atoms with Crippen LogP contribution in [0.5, 0.6) is 5.75 Å². The predicted molar refractivity (Wildman–Crippen MR) is 135 cm³/mol. The molecule has 0 unspecified atom stereocenters. The van der Waals surface area contributed by atoms with Crippen LogP contribution in [0.3, 0.4) is 0 Å². The van der Waals surface area contributed by atoms with E-state index in [1.165, 1.54) is 31.4 Å². The van der Waals surface area contributed by atoms with Gasteiger partial charge in [-0.1, -0.05) is 37.5 Å². The highest BCUT2D eigenvalue weighted by molar-refractivity contribution is 6.17. The molecule has 2 amide bonds. The molecule has 1 spiro atoms. The van der Waals surface area contributed by atoms with E-state index >= 15 is 0 Å². The van der Waals surface area contributed by atoms with Crippen molar-refractivity contribution in [2.75, 3.05) is 18.0 Å². The number of piperidine rings is 1. The molecule has 2 N–H and O–H groups in total. The van der Waals surface area contributed by atoms with E-state index in [1.54, 1.807) is 17.0 Å². The number of benzene rings is 2. The quantitative estimate of drug-likeness (QED) is 0.619. The Morgan fingerprint density at radius 2 is 1.89 bits per heavy atom. The van der Waals surface area contributed by atoms with E-state index < -0.39 is 5.54 Å². The minimum absolute atomic E-state index is 0.323. The van der Waals surface area contributed by atoms with Crippen molar-refractivity contribution >= 4 is 25.2 Å². The lowest BCUT2D eigenvalue weighted by atomic mass is 9.83. The maximum absolute atomic E-state index is 14.1. The Bertz CT molecular complexity index is 1080. The fourth-order valence-corrected chi connectivity index (χ4v) is 5.73. The Kier molecular flexibility index (Phi) is 7.06. The molecule has 9 heteroatoms. The Hall–Kier alpha value is -2.91. The SMILES string of the molecule is O=C1N=C(NC2CCCCC2)C2(CCN(Cc3cccc(OBO)c3)CC2)N1c1cccc(F)c1. The van der Waals surface area contributed by atoms with Gasteiger partial charge in [0.25, 0.3) is 0 Å². The molecule has 2 heterocycles. The van der Waals surface area contributed by atoms with E-state index in [0.717, 1.165) is 43.9 Å². The summed E-state index contributed by atoms with van der Waals surface area (Å²) in [6.07, 6.45) is 7.22. The highest BCUT2D eigenvalue weighted by atomic mass is 19.1. The minimum Gasteiger partial charge on any atom is -0.539 e. The number of carbonyl (C=O) groups excluding carboxylic acids is 1. The number of rotatable bonds is 6. The van der Waals surface area contributed by atoms with E-state index in [-0.39, 0.29) is 19.5 Å². The zero-order chi connectivity index (χ0) is 24.3. The zero-order valence-electron chi connectivity index (χ0n) is 20.0. The number of likely N-dealkylation sites (tertiary alicyclic amines) is 1. The lowest BCUT2D eigenvalue weighted by Crippen LogP contribution is -2.62. The number of halogens is 1. The van der Waals surface area contributed by atoms with Crippen molar-refractivity contribution < 1.29 is 18.9 Å². The summed E-state index contributed by atoms with van der Waals surface area (Å²) in [7, 11) is -0.351. The van der Waals surface area contributed by atoms with Crippen LogP contribution in [0.4, 0.5) is 14.9 Å². The van der Waals surface area contributed by atoms with Crippen molar-refractivity contribution in [1.29, 1.82) is 0 Å². The summed E-state index contributed by atoms with van der Waals surface area (Å²) in [4.78, 5) is 21.8. The maximum Gasteiger partial charge on any atom is 0.504 e. The topological polar surface area (TPSA) is 77.4 Å². The van der Waals surface area contributed by atoms with Gasteiger partial charge < -0.3 is 15.0 Å². The molecule has 3 aliphatic rings. The van der Waals surface area contributed by atoms with Gasteiger partial charge in [0.15, 0.2) is 0 Å². The van der Waals surface area contributed by atoms with Gasteiger partial charge in [0.1, 0.15) is 22.9 Å². The van der Waals surface area contributed by atoms with Gasteiger partial charge in [-0.3, -0.25) is 9.80 Å². The van der Waals surface area contributed by atoms with Gasteiger partial charge in [-0.2, -0.15) is 4.99 Å². The van der Waals surface area contributed by atoms with Crippen molar-refractivity contribution in [2.24, 2.45) is 4.99 Å². The summed E-state index contributed by atoms with van der Waals surface area (Å²) in [6, 6.07) is 14.0. The van der Waals surface area contributed by atoms with E-state index in [2.05, 4.69) is 15.2 Å². The summed E-state index contributed by atoms with van der Waals surface area (Å²) in [5.74, 6) is 1.03. The number of hydrogen-bond acceptors (Lipinski definition) is 5. The van der Waals surface area contributed by atoms with Gasteiger partial charge in [0, 0.05) is 31.4 Å². The van der Waals surface area contributed by atoms with Crippen LogP contribution >= 0.6 is 0 Å². The first-order chi connectivity index (χ1) is 17.1. The smallest absolute Gasteiger partial charge is 0.504 e. The second-order valence-corrected chi connectivity index (χ2v) is 9.77. The molecule has 0 atom stereocenters. The normalized spacial score (nSPS) is 20.7. The summed E-state index contributed by atoms with van der Waals surface area (Å²) in [5, 5.41) is 12.7. The molecule has 0 aromatic heterocycles. The molecular formula is C26H32BFN4O3. The summed E-state index contributed by atoms with van der Waals surface area (Å²) in [6.45, 7) is 2.29. The number of aliphatic imine (C=N–C) groups is 1. The van der Waals surface area contributed by atoms with Gasteiger partial charge in [0.2, 0.25) is 0 Å². The number of nitrogens with one attached hydrogen (secondary N) is 1. The van der Waals surface area contributed by atoms with Crippen LogP contribution in [-0.4, -0.2) is 54.1 Å². The third kappa shape index (κ3) is 5.06. The van der Waals surface area contributed by atoms with Gasteiger partial charge in [-0.25, -0.2) is 9.18 Å². The number of carbonyl (C=O) groups is 1.